The number of rotatable bonds is 7. The largest absolute Gasteiger partial charge is 0.356 e. The topological polar surface area (TPSA) is 47.7 Å². The summed E-state index contributed by atoms with van der Waals surface area (Å²) in [4.78, 5) is 4.36. The van der Waals surface area contributed by atoms with Gasteiger partial charge in [0.05, 0.1) is 12.6 Å². The summed E-state index contributed by atoms with van der Waals surface area (Å²) >= 11 is 0. The van der Waals surface area contributed by atoms with E-state index >= 15 is 0 Å². The van der Waals surface area contributed by atoms with Gasteiger partial charge >= 0.3 is 0 Å². The van der Waals surface area contributed by atoms with Crippen molar-refractivity contribution in [3.05, 3.63) is 30.9 Å². The van der Waals surface area contributed by atoms with Gasteiger partial charge < -0.3 is 9.88 Å². The van der Waals surface area contributed by atoms with Crippen LogP contribution in [0.4, 0.5) is 5.95 Å². The minimum atomic E-state index is 0.330. The van der Waals surface area contributed by atoms with E-state index in [1.165, 1.54) is 12.8 Å². The Bertz CT molecular complexity index is 446. The second-order valence-corrected chi connectivity index (χ2v) is 4.52. The summed E-state index contributed by atoms with van der Waals surface area (Å²) in [6, 6.07) is 2.28. The second kappa shape index (κ2) is 6.23. The van der Waals surface area contributed by atoms with E-state index in [-0.39, 0.29) is 0 Å². The summed E-state index contributed by atoms with van der Waals surface area (Å²) in [6.07, 6.45) is 10.0. The van der Waals surface area contributed by atoms with Crippen molar-refractivity contribution >= 4 is 5.95 Å². The Morgan fingerprint density at radius 2 is 2.22 bits per heavy atom. The van der Waals surface area contributed by atoms with Gasteiger partial charge in [-0.25, -0.2) is 4.98 Å². The average molecular weight is 247 g/mol. The molecule has 2 heterocycles. The molecule has 0 aliphatic heterocycles. The zero-order valence-electron chi connectivity index (χ0n) is 11.1. The summed E-state index contributed by atoms with van der Waals surface area (Å²) in [7, 11) is 0. The highest BCUT2D eigenvalue weighted by molar-refractivity contribution is 5.26. The molecule has 0 fully saturated rings. The lowest BCUT2D eigenvalue weighted by molar-refractivity contribution is 0.440. The highest BCUT2D eigenvalue weighted by Crippen LogP contribution is 2.15. The maximum Gasteiger partial charge on any atom is 0.203 e. The third-order valence-electron chi connectivity index (χ3n) is 2.97. The van der Waals surface area contributed by atoms with Crippen LogP contribution in [0.25, 0.3) is 0 Å². The van der Waals surface area contributed by atoms with Crippen molar-refractivity contribution in [2.24, 2.45) is 0 Å². The monoisotopic (exact) mass is 247 g/mol. The Hall–Kier alpha value is -1.78. The molecule has 0 bridgehead atoms. The molecule has 1 N–H and O–H groups in total. The molecule has 5 nitrogen and oxygen atoms in total. The Morgan fingerprint density at radius 3 is 2.94 bits per heavy atom. The van der Waals surface area contributed by atoms with E-state index in [0.29, 0.717) is 6.04 Å². The molecule has 2 aromatic rings. The van der Waals surface area contributed by atoms with Crippen molar-refractivity contribution in [2.45, 2.75) is 39.3 Å². The van der Waals surface area contributed by atoms with Crippen LogP contribution in [0.15, 0.2) is 30.9 Å². The maximum absolute atomic E-state index is 4.36. The van der Waals surface area contributed by atoms with Crippen LogP contribution in [0.2, 0.25) is 0 Å². The lowest BCUT2D eigenvalue weighted by Gasteiger charge is -2.17. The van der Waals surface area contributed by atoms with Crippen molar-refractivity contribution in [3.8, 4) is 0 Å². The first kappa shape index (κ1) is 12.7. The molecule has 0 aliphatic carbocycles. The minimum Gasteiger partial charge on any atom is -0.356 e. The molecule has 0 aliphatic rings. The molecule has 0 saturated heterocycles. The molecule has 1 atom stereocenters. The van der Waals surface area contributed by atoms with Crippen LogP contribution in [-0.4, -0.2) is 25.9 Å². The van der Waals surface area contributed by atoms with E-state index < -0.39 is 0 Å². The Morgan fingerprint density at radius 1 is 1.33 bits per heavy atom. The predicted molar refractivity (Wildman–Crippen MR) is 72.6 cm³/mol. The summed E-state index contributed by atoms with van der Waals surface area (Å²) < 4.78 is 4.11. The van der Waals surface area contributed by atoms with Crippen LogP contribution in [-0.2, 0) is 6.54 Å². The smallest absolute Gasteiger partial charge is 0.203 e. The standard InChI is InChI=1S/C13H21N5/c1-3-4-6-14-13-15-8-10-18(13)12(2)11-17-9-5-7-16-17/h5,7-10,12H,3-4,6,11H2,1-2H3,(H,14,15). The van der Waals surface area contributed by atoms with Crippen LogP contribution in [0.1, 0.15) is 32.7 Å². The highest BCUT2D eigenvalue weighted by Gasteiger charge is 2.10. The van der Waals surface area contributed by atoms with Crippen LogP contribution in [0.5, 0.6) is 0 Å². The Balaban J connectivity index is 1.97. The number of unbranched alkanes of at least 4 members (excludes halogenated alkanes) is 1. The van der Waals surface area contributed by atoms with Gasteiger partial charge in [-0.1, -0.05) is 13.3 Å². The van der Waals surface area contributed by atoms with Crippen LogP contribution < -0.4 is 5.32 Å². The Kier molecular flexibility index (Phi) is 4.39. The average Bonchev–Trinajstić information content (AvgIpc) is 3.00. The lowest BCUT2D eigenvalue weighted by Crippen LogP contribution is -2.16. The first-order valence-corrected chi connectivity index (χ1v) is 6.55. The van der Waals surface area contributed by atoms with Gasteiger partial charge in [-0.2, -0.15) is 5.10 Å². The van der Waals surface area contributed by atoms with Gasteiger partial charge in [0.15, 0.2) is 0 Å². The molecule has 98 valence electrons. The summed E-state index contributed by atoms with van der Waals surface area (Å²) in [5, 5.41) is 7.61. The molecule has 2 aromatic heterocycles. The molecule has 0 spiro atoms. The SMILES string of the molecule is CCCCNc1nccn1C(C)Cn1cccn1. The quantitative estimate of drug-likeness (QED) is 0.765. The number of nitrogens with zero attached hydrogens (tertiary/aromatic N) is 4. The van der Waals surface area contributed by atoms with E-state index in [9.17, 15) is 0 Å². The number of hydrogen-bond acceptors (Lipinski definition) is 3. The third kappa shape index (κ3) is 3.12. The highest BCUT2D eigenvalue weighted by atomic mass is 15.3. The Labute approximate surface area is 108 Å². The van der Waals surface area contributed by atoms with Crippen LogP contribution in [0, 0.1) is 0 Å². The first-order valence-electron chi connectivity index (χ1n) is 6.55. The van der Waals surface area contributed by atoms with E-state index in [2.05, 4.69) is 33.8 Å². The van der Waals surface area contributed by atoms with Gasteiger partial charge in [0.25, 0.3) is 0 Å². The van der Waals surface area contributed by atoms with Crippen LogP contribution in [0.3, 0.4) is 0 Å². The lowest BCUT2D eigenvalue weighted by atomic mass is 10.3. The summed E-state index contributed by atoms with van der Waals surface area (Å²) in [5.74, 6) is 0.947. The van der Waals surface area contributed by atoms with E-state index in [1.807, 2.05) is 29.3 Å². The van der Waals surface area contributed by atoms with E-state index in [0.717, 1.165) is 19.0 Å². The van der Waals surface area contributed by atoms with Gasteiger partial charge in [0, 0.05) is 31.3 Å². The van der Waals surface area contributed by atoms with Crippen molar-refractivity contribution in [2.75, 3.05) is 11.9 Å². The molecule has 0 amide bonds. The van der Waals surface area contributed by atoms with Crippen molar-refractivity contribution < 1.29 is 0 Å². The van der Waals surface area contributed by atoms with Gasteiger partial charge in [-0.05, 0) is 19.4 Å². The minimum absolute atomic E-state index is 0.330. The van der Waals surface area contributed by atoms with E-state index in [4.69, 9.17) is 0 Å². The molecule has 5 heteroatoms. The molecular formula is C13H21N5. The molecular weight excluding hydrogens is 226 g/mol. The molecule has 0 radical (unpaired) electrons. The molecule has 2 rings (SSSR count). The normalized spacial score (nSPS) is 12.6. The molecule has 0 saturated carbocycles. The van der Waals surface area contributed by atoms with Gasteiger partial charge in [0.1, 0.15) is 0 Å². The maximum atomic E-state index is 4.36. The summed E-state index contributed by atoms with van der Waals surface area (Å²) in [6.45, 7) is 6.19. The van der Waals surface area contributed by atoms with Crippen molar-refractivity contribution in [3.63, 3.8) is 0 Å². The fraction of sp³-hybridized carbons (Fsp3) is 0.538. The number of imidazole rings is 1. The van der Waals surface area contributed by atoms with Crippen LogP contribution >= 0.6 is 0 Å². The summed E-state index contributed by atoms with van der Waals surface area (Å²) in [5.41, 5.74) is 0. The number of nitrogens with one attached hydrogen (secondary N) is 1. The zero-order chi connectivity index (χ0) is 12.8. The molecule has 0 aromatic carbocycles. The van der Waals surface area contributed by atoms with Gasteiger partial charge in [0.2, 0.25) is 5.95 Å². The predicted octanol–water partition coefficient (Wildman–Crippen LogP) is 2.55. The van der Waals surface area contributed by atoms with Gasteiger partial charge in [-0.15, -0.1) is 0 Å². The zero-order valence-corrected chi connectivity index (χ0v) is 11.1. The third-order valence-corrected chi connectivity index (χ3v) is 2.97. The second-order valence-electron chi connectivity index (χ2n) is 4.52. The van der Waals surface area contributed by atoms with Crippen molar-refractivity contribution in [1.29, 1.82) is 0 Å². The first-order chi connectivity index (χ1) is 8.81. The van der Waals surface area contributed by atoms with Gasteiger partial charge in [-0.3, -0.25) is 4.68 Å². The van der Waals surface area contributed by atoms with E-state index in [1.54, 1.807) is 6.20 Å². The fourth-order valence-corrected chi connectivity index (χ4v) is 1.95. The van der Waals surface area contributed by atoms with Crippen molar-refractivity contribution in [1.82, 2.24) is 19.3 Å². The fourth-order valence-electron chi connectivity index (χ4n) is 1.95. The molecule has 1 unspecified atom stereocenters. The number of anilines is 1. The number of aromatic nitrogens is 4. The number of hydrogen-bond donors (Lipinski definition) is 1. The molecule has 18 heavy (non-hydrogen) atoms.